The van der Waals surface area contributed by atoms with Crippen LogP contribution in [0.2, 0.25) is 0 Å². The Kier molecular flexibility index (Phi) is 3.31. The van der Waals surface area contributed by atoms with Crippen LogP contribution in [0.15, 0.2) is 0 Å². The molecular weight excluding hydrogens is 164 g/mol. The third-order valence-electron chi connectivity index (χ3n) is 2.36. The molecule has 0 radical (unpaired) electrons. The van der Waals surface area contributed by atoms with Crippen LogP contribution >= 0.6 is 0 Å². The minimum absolute atomic E-state index is 0.166. The van der Waals surface area contributed by atoms with Gasteiger partial charge in [-0.15, -0.1) is 0 Å². The first-order chi connectivity index (χ1) is 6.00. The Morgan fingerprint density at radius 3 is 2.31 bits per heavy atom. The monoisotopic (exact) mass is 184 g/mol. The molecule has 0 saturated carbocycles. The molecule has 0 bridgehead atoms. The standard InChI is InChI=1S/C10H20N2O/c1-10(2,3)9(13)12-8-4-6-11-7-5-8/h8,11H,4-7H2,1-3H3,(H,12,13). The molecule has 2 N–H and O–H groups in total. The average molecular weight is 184 g/mol. The molecule has 1 aliphatic heterocycles. The van der Waals surface area contributed by atoms with Crippen LogP contribution in [-0.4, -0.2) is 25.0 Å². The van der Waals surface area contributed by atoms with E-state index < -0.39 is 0 Å². The van der Waals surface area contributed by atoms with E-state index in [1.165, 1.54) is 0 Å². The van der Waals surface area contributed by atoms with E-state index >= 15 is 0 Å². The third-order valence-corrected chi connectivity index (χ3v) is 2.36. The lowest BCUT2D eigenvalue weighted by Gasteiger charge is -2.27. The van der Waals surface area contributed by atoms with Crippen molar-refractivity contribution in [2.45, 2.75) is 39.7 Å². The molecule has 0 unspecified atom stereocenters. The molecule has 3 nitrogen and oxygen atoms in total. The largest absolute Gasteiger partial charge is 0.353 e. The second kappa shape index (κ2) is 4.09. The van der Waals surface area contributed by atoms with Gasteiger partial charge in [0.05, 0.1) is 0 Å². The molecule has 13 heavy (non-hydrogen) atoms. The number of hydrogen-bond acceptors (Lipinski definition) is 2. The number of nitrogens with one attached hydrogen (secondary N) is 2. The summed E-state index contributed by atoms with van der Waals surface area (Å²) in [7, 11) is 0. The highest BCUT2D eigenvalue weighted by molar-refractivity contribution is 5.81. The zero-order valence-electron chi connectivity index (χ0n) is 8.81. The predicted molar refractivity (Wildman–Crippen MR) is 53.5 cm³/mol. The van der Waals surface area contributed by atoms with Crippen LogP contribution < -0.4 is 10.6 Å². The Morgan fingerprint density at radius 2 is 1.85 bits per heavy atom. The average Bonchev–Trinajstić information content (AvgIpc) is 2.04. The van der Waals surface area contributed by atoms with E-state index in [0.29, 0.717) is 6.04 Å². The van der Waals surface area contributed by atoms with E-state index in [9.17, 15) is 4.79 Å². The van der Waals surface area contributed by atoms with Gasteiger partial charge in [0.15, 0.2) is 0 Å². The Bertz CT molecular complexity index is 178. The minimum atomic E-state index is -0.259. The van der Waals surface area contributed by atoms with Crippen LogP contribution in [0.3, 0.4) is 0 Å². The fraction of sp³-hybridized carbons (Fsp3) is 0.900. The fourth-order valence-electron chi connectivity index (χ4n) is 1.37. The Morgan fingerprint density at radius 1 is 1.31 bits per heavy atom. The minimum Gasteiger partial charge on any atom is -0.353 e. The number of piperidine rings is 1. The van der Waals surface area contributed by atoms with Crippen LogP contribution in [0.1, 0.15) is 33.6 Å². The lowest BCUT2D eigenvalue weighted by atomic mass is 9.94. The quantitative estimate of drug-likeness (QED) is 0.635. The van der Waals surface area contributed by atoms with Crippen molar-refractivity contribution in [3.05, 3.63) is 0 Å². The first-order valence-electron chi connectivity index (χ1n) is 5.02. The molecule has 0 aromatic rings. The summed E-state index contributed by atoms with van der Waals surface area (Å²) in [5.41, 5.74) is -0.259. The molecule has 0 spiro atoms. The highest BCUT2D eigenvalue weighted by Crippen LogP contribution is 2.14. The van der Waals surface area contributed by atoms with Crippen molar-refractivity contribution in [3.63, 3.8) is 0 Å². The van der Waals surface area contributed by atoms with Gasteiger partial charge in [-0.05, 0) is 25.9 Å². The summed E-state index contributed by atoms with van der Waals surface area (Å²) in [6, 6.07) is 0.382. The zero-order valence-corrected chi connectivity index (χ0v) is 8.81. The maximum absolute atomic E-state index is 11.6. The first kappa shape index (κ1) is 10.5. The van der Waals surface area contributed by atoms with Crippen LogP contribution in [-0.2, 0) is 4.79 Å². The summed E-state index contributed by atoms with van der Waals surface area (Å²) in [5, 5.41) is 6.36. The maximum atomic E-state index is 11.6. The van der Waals surface area contributed by atoms with Crippen LogP contribution in [0.5, 0.6) is 0 Å². The van der Waals surface area contributed by atoms with Crippen LogP contribution in [0.4, 0.5) is 0 Å². The van der Waals surface area contributed by atoms with Gasteiger partial charge in [0, 0.05) is 11.5 Å². The maximum Gasteiger partial charge on any atom is 0.225 e. The highest BCUT2D eigenvalue weighted by Gasteiger charge is 2.24. The van der Waals surface area contributed by atoms with Gasteiger partial charge in [0.25, 0.3) is 0 Å². The van der Waals surface area contributed by atoms with E-state index in [2.05, 4.69) is 10.6 Å². The van der Waals surface area contributed by atoms with E-state index in [0.717, 1.165) is 25.9 Å². The number of carbonyl (C=O) groups excluding carboxylic acids is 1. The van der Waals surface area contributed by atoms with Gasteiger partial charge in [-0.3, -0.25) is 4.79 Å². The molecule has 0 aromatic heterocycles. The van der Waals surface area contributed by atoms with Gasteiger partial charge in [-0.2, -0.15) is 0 Å². The van der Waals surface area contributed by atoms with Gasteiger partial charge >= 0.3 is 0 Å². The number of hydrogen-bond donors (Lipinski definition) is 2. The van der Waals surface area contributed by atoms with Crippen molar-refractivity contribution in [2.75, 3.05) is 13.1 Å². The molecule has 3 heteroatoms. The second-order valence-corrected chi connectivity index (χ2v) is 4.75. The normalized spacial score (nSPS) is 19.9. The summed E-state index contributed by atoms with van der Waals surface area (Å²) in [5.74, 6) is 0.166. The van der Waals surface area contributed by atoms with E-state index in [1.54, 1.807) is 0 Å². The third kappa shape index (κ3) is 3.35. The number of amides is 1. The van der Waals surface area contributed by atoms with E-state index in [-0.39, 0.29) is 11.3 Å². The SMILES string of the molecule is CC(C)(C)C(=O)NC1CCNCC1. The molecule has 0 atom stereocenters. The zero-order chi connectivity index (χ0) is 9.90. The van der Waals surface area contributed by atoms with Gasteiger partial charge < -0.3 is 10.6 Å². The van der Waals surface area contributed by atoms with Crippen molar-refractivity contribution < 1.29 is 4.79 Å². The van der Waals surface area contributed by atoms with Crippen molar-refractivity contribution in [3.8, 4) is 0 Å². The summed E-state index contributed by atoms with van der Waals surface area (Å²) in [6.07, 6.45) is 2.11. The van der Waals surface area contributed by atoms with Crippen molar-refractivity contribution in [1.29, 1.82) is 0 Å². The molecule has 0 aliphatic carbocycles. The number of carbonyl (C=O) groups is 1. The van der Waals surface area contributed by atoms with Crippen LogP contribution in [0, 0.1) is 5.41 Å². The molecule has 76 valence electrons. The van der Waals surface area contributed by atoms with Gasteiger partial charge in [-0.25, -0.2) is 0 Å². The van der Waals surface area contributed by atoms with Gasteiger partial charge in [-0.1, -0.05) is 20.8 Å². The lowest BCUT2D eigenvalue weighted by Crippen LogP contribution is -2.46. The highest BCUT2D eigenvalue weighted by atomic mass is 16.2. The Labute approximate surface area is 80.3 Å². The van der Waals surface area contributed by atoms with Gasteiger partial charge in [0.1, 0.15) is 0 Å². The Balaban J connectivity index is 2.35. The molecule has 1 rings (SSSR count). The van der Waals surface area contributed by atoms with E-state index in [4.69, 9.17) is 0 Å². The van der Waals surface area contributed by atoms with Crippen molar-refractivity contribution >= 4 is 5.91 Å². The lowest BCUT2D eigenvalue weighted by molar-refractivity contribution is -0.129. The molecule has 1 aliphatic rings. The predicted octanol–water partition coefficient (Wildman–Crippen LogP) is 0.901. The molecule has 0 aromatic carbocycles. The summed E-state index contributed by atoms with van der Waals surface area (Å²) in [4.78, 5) is 11.6. The summed E-state index contributed by atoms with van der Waals surface area (Å²) < 4.78 is 0. The fourth-order valence-corrected chi connectivity index (χ4v) is 1.37. The Hall–Kier alpha value is -0.570. The summed E-state index contributed by atoms with van der Waals surface area (Å²) in [6.45, 7) is 7.89. The summed E-state index contributed by atoms with van der Waals surface area (Å²) >= 11 is 0. The topological polar surface area (TPSA) is 41.1 Å². The van der Waals surface area contributed by atoms with Crippen molar-refractivity contribution in [2.24, 2.45) is 5.41 Å². The molecule has 1 amide bonds. The molecule has 1 heterocycles. The number of rotatable bonds is 1. The molecular formula is C10H20N2O. The molecule has 1 saturated heterocycles. The second-order valence-electron chi connectivity index (χ2n) is 4.75. The van der Waals surface area contributed by atoms with Crippen molar-refractivity contribution in [1.82, 2.24) is 10.6 Å². The van der Waals surface area contributed by atoms with Crippen LogP contribution in [0.25, 0.3) is 0 Å². The van der Waals surface area contributed by atoms with Gasteiger partial charge in [0.2, 0.25) is 5.91 Å². The smallest absolute Gasteiger partial charge is 0.225 e. The van der Waals surface area contributed by atoms with E-state index in [1.807, 2.05) is 20.8 Å². The molecule has 1 fully saturated rings. The first-order valence-corrected chi connectivity index (χ1v) is 5.02.